The second kappa shape index (κ2) is 3.23. The Kier molecular flexibility index (Phi) is 1.92. The smallest absolute Gasteiger partial charge is 0.356 e. The highest BCUT2D eigenvalue weighted by atomic mass is 16.6. The molecule has 3 heteroatoms. The molecule has 0 spiro atoms. The number of carbonyl (C=O) groups excluding carboxylic acids is 1. The molecule has 0 saturated carbocycles. The number of rotatable bonds is 1. The average Bonchev–Trinajstić information content (AvgIpc) is 2.53. The molecule has 0 atom stereocenters. The monoisotopic (exact) mass is 173 g/mol. The Bertz CT molecular complexity index is 379. The van der Waals surface area contributed by atoms with E-state index in [2.05, 4.69) is 4.99 Å². The van der Waals surface area contributed by atoms with Crippen molar-refractivity contribution in [3.05, 3.63) is 41.8 Å². The van der Waals surface area contributed by atoms with Gasteiger partial charge in [-0.15, -0.1) is 0 Å². The van der Waals surface area contributed by atoms with Gasteiger partial charge in [-0.1, -0.05) is 30.3 Å². The first-order valence-electron chi connectivity index (χ1n) is 3.87. The number of hydrogen-bond donors (Lipinski definition) is 0. The van der Waals surface area contributed by atoms with Crippen LogP contribution in [0.1, 0.15) is 5.56 Å². The Labute approximate surface area is 75.4 Å². The van der Waals surface area contributed by atoms with Gasteiger partial charge in [-0.25, -0.2) is 9.79 Å². The molecule has 2 rings (SSSR count). The molecule has 3 nitrogen and oxygen atoms in total. The van der Waals surface area contributed by atoms with Crippen LogP contribution >= 0.6 is 0 Å². The molecule has 0 aromatic heterocycles. The maximum absolute atomic E-state index is 10.6. The standard InChI is InChI=1S/C10H7NO2/c12-10-7-11-9(13-10)6-8-4-2-1-3-5-8/h1-7H/b9-6+. The zero-order chi connectivity index (χ0) is 9.10. The quantitative estimate of drug-likeness (QED) is 0.605. The maximum atomic E-state index is 10.6. The maximum Gasteiger partial charge on any atom is 0.356 e. The zero-order valence-corrected chi connectivity index (χ0v) is 6.81. The number of aliphatic imine (C=N–C) groups is 1. The molecule has 0 fully saturated rings. The first kappa shape index (κ1) is 7.73. The molecule has 1 aliphatic heterocycles. The lowest BCUT2D eigenvalue weighted by atomic mass is 10.2. The van der Waals surface area contributed by atoms with Crippen LogP contribution in [0.3, 0.4) is 0 Å². The molecule has 0 amide bonds. The first-order valence-corrected chi connectivity index (χ1v) is 3.87. The minimum Gasteiger partial charge on any atom is -0.403 e. The SMILES string of the molecule is O=C1C=N/C(=C\c2ccccc2)O1. The summed E-state index contributed by atoms with van der Waals surface area (Å²) in [4.78, 5) is 14.4. The van der Waals surface area contributed by atoms with Crippen LogP contribution in [0.4, 0.5) is 0 Å². The fourth-order valence-electron chi connectivity index (χ4n) is 1.03. The van der Waals surface area contributed by atoms with Crippen LogP contribution in [0.2, 0.25) is 0 Å². The molecule has 0 unspecified atom stereocenters. The van der Waals surface area contributed by atoms with Crippen molar-refractivity contribution < 1.29 is 9.53 Å². The van der Waals surface area contributed by atoms with Crippen LogP contribution in [0, 0.1) is 0 Å². The molecule has 0 bridgehead atoms. The van der Waals surface area contributed by atoms with E-state index in [1.807, 2.05) is 30.3 Å². The second-order valence-corrected chi connectivity index (χ2v) is 2.57. The van der Waals surface area contributed by atoms with Gasteiger partial charge in [-0.3, -0.25) is 0 Å². The molecular formula is C10H7NO2. The molecule has 1 aliphatic rings. The highest BCUT2D eigenvalue weighted by Gasteiger charge is 2.10. The van der Waals surface area contributed by atoms with Crippen molar-refractivity contribution in [1.29, 1.82) is 0 Å². The van der Waals surface area contributed by atoms with Gasteiger partial charge in [0.05, 0.1) is 0 Å². The zero-order valence-electron chi connectivity index (χ0n) is 6.81. The van der Waals surface area contributed by atoms with Crippen LogP contribution in [-0.4, -0.2) is 12.2 Å². The normalized spacial score (nSPS) is 17.8. The molecule has 1 aromatic carbocycles. The van der Waals surface area contributed by atoms with E-state index < -0.39 is 5.97 Å². The number of cyclic esters (lactones) is 1. The number of esters is 1. The number of nitrogens with zero attached hydrogens (tertiary/aromatic N) is 1. The molecule has 1 heterocycles. The minimum atomic E-state index is -0.415. The average molecular weight is 173 g/mol. The van der Waals surface area contributed by atoms with Gasteiger partial charge in [0.25, 0.3) is 0 Å². The van der Waals surface area contributed by atoms with E-state index in [1.165, 1.54) is 0 Å². The summed E-state index contributed by atoms with van der Waals surface area (Å²) in [6.07, 6.45) is 2.87. The Morgan fingerprint density at radius 3 is 2.62 bits per heavy atom. The Morgan fingerprint density at radius 1 is 1.23 bits per heavy atom. The topological polar surface area (TPSA) is 38.7 Å². The van der Waals surface area contributed by atoms with E-state index in [1.54, 1.807) is 6.08 Å². The first-order chi connectivity index (χ1) is 6.34. The van der Waals surface area contributed by atoms with Gasteiger partial charge < -0.3 is 4.74 Å². The summed E-state index contributed by atoms with van der Waals surface area (Å²) in [5, 5.41) is 0. The van der Waals surface area contributed by atoms with Crippen molar-refractivity contribution in [3.63, 3.8) is 0 Å². The summed E-state index contributed by atoms with van der Waals surface area (Å²) in [7, 11) is 0. The molecule has 0 aliphatic carbocycles. The van der Waals surface area contributed by atoms with E-state index in [9.17, 15) is 4.79 Å². The second-order valence-electron chi connectivity index (χ2n) is 2.57. The highest BCUT2D eigenvalue weighted by Crippen LogP contribution is 2.11. The molecular weight excluding hydrogens is 166 g/mol. The number of carbonyl (C=O) groups is 1. The van der Waals surface area contributed by atoms with Crippen molar-refractivity contribution in [2.75, 3.05) is 0 Å². The third-order valence-electron chi connectivity index (χ3n) is 1.59. The van der Waals surface area contributed by atoms with Gasteiger partial charge in [-0.05, 0) is 5.56 Å². The highest BCUT2D eigenvalue weighted by molar-refractivity contribution is 6.25. The third kappa shape index (κ3) is 1.82. The minimum absolute atomic E-state index is 0.344. The van der Waals surface area contributed by atoms with E-state index >= 15 is 0 Å². The predicted octanol–water partition coefficient (Wildman–Crippen LogP) is 1.61. The number of ether oxygens (including phenoxy) is 1. The number of hydrogen-bond acceptors (Lipinski definition) is 3. The summed E-state index contributed by atoms with van der Waals surface area (Å²) in [5.74, 6) is -0.0709. The number of benzene rings is 1. The van der Waals surface area contributed by atoms with Crippen LogP contribution in [0.25, 0.3) is 6.08 Å². The molecule has 0 N–H and O–H groups in total. The van der Waals surface area contributed by atoms with Gasteiger partial charge >= 0.3 is 5.97 Å². The molecule has 0 saturated heterocycles. The van der Waals surface area contributed by atoms with E-state index in [4.69, 9.17) is 4.74 Å². The van der Waals surface area contributed by atoms with Crippen molar-refractivity contribution in [3.8, 4) is 0 Å². The fourth-order valence-corrected chi connectivity index (χ4v) is 1.03. The Hall–Kier alpha value is -1.90. The van der Waals surface area contributed by atoms with Gasteiger partial charge in [0.15, 0.2) is 0 Å². The lowest BCUT2D eigenvalue weighted by Gasteiger charge is -1.93. The molecule has 64 valence electrons. The summed E-state index contributed by atoms with van der Waals surface area (Å²) >= 11 is 0. The van der Waals surface area contributed by atoms with Gasteiger partial charge in [-0.2, -0.15) is 0 Å². The van der Waals surface area contributed by atoms with E-state index in [0.29, 0.717) is 5.88 Å². The van der Waals surface area contributed by atoms with Gasteiger partial charge in [0.1, 0.15) is 6.21 Å². The van der Waals surface area contributed by atoms with Crippen molar-refractivity contribution in [2.24, 2.45) is 4.99 Å². The van der Waals surface area contributed by atoms with Crippen LogP contribution in [-0.2, 0) is 9.53 Å². The lowest BCUT2D eigenvalue weighted by Crippen LogP contribution is -1.94. The van der Waals surface area contributed by atoms with Gasteiger partial charge in [0.2, 0.25) is 5.88 Å². The van der Waals surface area contributed by atoms with Crippen molar-refractivity contribution in [2.45, 2.75) is 0 Å². The molecule has 0 radical (unpaired) electrons. The summed E-state index contributed by atoms with van der Waals surface area (Å²) in [5.41, 5.74) is 0.962. The van der Waals surface area contributed by atoms with Gasteiger partial charge in [0, 0.05) is 6.08 Å². The summed E-state index contributed by atoms with van der Waals surface area (Å²) in [6.45, 7) is 0. The lowest BCUT2D eigenvalue weighted by molar-refractivity contribution is -0.129. The third-order valence-corrected chi connectivity index (χ3v) is 1.59. The Morgan fingerprint density at radius 2 is 2.00 bits per heavy atom. The molecule has 1 aromatic rings. The Balaban J connectivity index is 2.23. The summed E-state index contributed by atoms with van der Waals surface area (Å²) in [6, 6.07) is 9.56. The van der Waals surface area contributed by atoms with Crippen LogP contribution in [0.5, 0.6) is 0 Å². The van der Waals surface area contributed by atoms with Crippen LogP contribution < -0.4 is 0 Å². The summed E-state index contributed by atoms with van der Waals surface area (Å²) < 4.78 is 4.77. The van der Waals surface area contributed by atoms with E-state index in [-0.39, 0.29) is 0 Å². The molecule has 13 heavy (non-hydrogen) atoms. The fraction of sp³-hybridized carbons (Fsp3) is 0. The van der Waals surface area contributed by atoms with Crippen LogP contribution in [0.15, 0.2) is 41.2 Å². The largest absolute Gasteiger partial charge is 0.403 e. The predicted molar refractivity (Wildman–Crippen MR) is 49.0 cm³/mol. The van der Waals surface area contributed by atoms with E-state index in [0.717, 1.165) is 11.8 Å². The van der Waals surface area contributed by atoms with Crippen molar-refractivity contribution in [1.82, 2.24) is 0 Å². The van der Waals surface area contributed by atoms with Crippen molar-refractivity contribution >= 4 is 18.3 Å².